The molecule has 6 nitrogen and oxygen atoms in total. The third-order valence-corrected chi connectivity index (χ3v) is 4.70. The normalized spacial score (nSPS) is 20.1. The number of para-hydroxylation sites is 2. The zero-order valence-corrected chi connectivity index (χ0v) is 13.2. The SMILES string of the molecule is Cn1ccnc1C(O)C1CCCN(c2nc3ccccc3[nH]2)C1. The monoisotopic (exact) mass is 311 g/mol. The lowest BCUT2D eigenvalue weighted by atomic mass is 9.92. The molecular weight excluding hydrogens is 290 g/mol. The molecule has 0 saturated carbocycles. The second-order valence-electron chi connectivity index (χ2n) is 6.27. The lowest BCUT2D eigenvalue weighted by molar-refractivity contribution is 0.0872. The van der Waals surface area contributed by atoms with Gasteiger partial charge in [-0.15, -0.1) is 0 Å². The number of aliphatic hydroxyl groups excluding tert-OH is 1. The molecule has 1 saturated heterocycles. The molecule has 0 amide bonds. The molecule has 2 atom stereocenters. The molecule has 1 aliphatic heterocycles. The summed E-state index contributed by atoms with van der Waals surface area (Å²) < 4.78 is 1.89. The molecule has 1 aromatic carbocycles. The molecule has 0 aliphatic carbocycles. The summed E-state index contributed by atoms with van der Waals surface area (Å²) in [5.74, 6) is 1.79. The number of nitrogens with one attached hydrogen (secondary N) is 1. The first kappa shape index (κ1) is 14.3. The Balaban J connectivity index is 1.56. The lowest BCUT2D eigenvalue weighted by Crippen LogP contribution is -2.39. The molecule has 6 heteroatoms. The number of aryl methyl sites for hydroxylation is 1. The number of hydrogen-bond donors (Lipinski definition) is 2. The molecule has 1 aliphatic rings. The van der Waals surface area contributed by atoms with Crippen molar-refractivity contribution in [2.24, 2.45) is 13.0 Å². The van der Waals surface area contributed by atoms with Gasteiger partial charge in [0.05, 0.1) is 11.0 Å². The van der Waals surface area contributed by atoms with Crippen LogP contribution in [0.1, 0.15) is 24.8 Å². The summed E-state index contributed by atoms with van der Waals surface area (Å²) in [5, 5.41) is 10.7. The summed E-state index contributed by atoms with van der Waals surface area (Å²) in [6, 6.07) is 8.06. The molecule has 120 valence electrons. The summed E-state index contributed by atoms with van der Waals surface area (Å²) in [6.07, 6.45) is 5.12. The van der Waals surface area contributed by atoms with E-state index in [0.29, 0.717) is 0 Å². The molecule has 23 heavy (non-hydrogen) atoms. The average molecular weight is 311 g/mol. The minimum absolute atomic E-state index is 0.165. The second-order valence-corrected chi connectivity index (χ2v) is 6.27. The number of piperidine rings is 1. The van der Waals surface area contributed by atoms with E-state index in [1.165, 1.54) is 0 Å². The van der Waals surface area contributed by atoms with Crippen molar-refractivity contribution >= 4 is 17.0 Å². The van der Waals surface area contributed by atoms with Gasteiger partial charge in [0, 0.05) is 38.4 Å². The van der Waals surface area contributed by atoms with Gasteiger partial charge in [-0.1, -0.05) is 12.1 Å². The number of aliphatic hydroxyl groups is 1. The fourth-order valence-corrected chi connectivity index (χ4v) is 3.42. The highest BCUT2D eigenvalue weighted by molar-refractivity contribution is 5.77. The molecule has 2 unspecified atom stereocenters. The first-order valence-corrected chi connectivity index (χ1v) is 8.07. The van der Waals surface area contributed by atoms with Crippen molar-refractivity contribution in [2.75, 3.05) is 18.0 Å². The summed E-state index contributed by atoms with van der Waals surface area (Å²) in [4.78, 5) is 14.6. The van der Waals surface area contributed by atoms with Crippen LogP contribution in [0, 0.1) is 5.92 Å². The Morgan fingerprint density at radius 3 is 3.00 bits per heavy atom. The summed E-state index contributed by atoms with van der Waals surface area (Å²) in [6.45, 7) is 1.75. The van der Waals surface area contributed by atoms with E-state index in [1.807, 2.05) is 42.1 Å². The minimum Gasteiger partial charge on any atom is -0.385 e. The molecule has 2 aromatic heterocycles. The van der Waals surface area contributed by atoms with Crippen LogP contribution in [0.15, 0.2) is 36.7 Å². The molecule has 2 N–H and O–H groups in total. The number of aromatic amines is 1. The zero-order chi connectivity index (χ0) is 15.8. The van der Waals surface area contributed by atoms with Gasteiger partial charge < -0.3 is 19.6 Å². The van der Waals surface area contributed by atoms with Crippen LogP contribution in [0.4, 0.5) is 5.95 Å². The Labute approximate surface area is 134 Å². The Morgan fingerprint density at radius 1 is 1.35 bits per heavy atom. The number of anilines is 1. The van der Waals surface area contributed by atoms with Crippen molar-refractivity contribution in [3.05, 3.63) is 42.5 Å². The topological polar surface area (TPSA) is 70.0 Å². The molecule has 3 heterocycles. The Kier molecular flexibility index (Phi) is 3.53. The van der Waals surface area contributed by atoms with E-state index in [4.69, 9.17) is 0 Å². The van der Waals surface area contributed by atoms with Crippen molar-refractivity contribution < 1.29 is 5.11 Å². The minimum atomic E-state index is -0.540. The number of rotatable bonds is 3. The first-order valence-electron chi connectivity index (χ1n) is 8.07. The summed E-state index contributed by atoms with van der Waals surface area (Å²) in [5.41, 5.74) is 2.03. The van der Waals surface area contributed by atoms with Gasteiger partial charge in [0.25, 0.3) is 0 Å². The van der Waals surface area contributed by atoms with Crippen molar-refractivity contribution in [1.29, 1.82) is 0 Å². The number of benzene rings is 1. The van der Waals surface area contributed by atoms with E-state index in [2.05, 4.69) is 19.9 Å². The number of fused-ring (bicyclic) bond motifs is 1. The van der Waals surface area contributed by atoms with Crippen molar-refractivity contribution in [3.8, 4) is 0 Å². The largest absolute Gasteiger partial charge is 0.385 e. The van der Waals surface area contributed by atoms with Gasteiger partial charge in [0.15, 0.2) is 0 Å². The number of nitrogens with zero attached hydrogens (tertiary/aromatic N) is 4. The van der Waals surface area contributed by atoms with Crippen molar-refractivity contribution in [3.63, 3.8) is 0 Å². The smallest absolute Gasteiger partial charge is 0.203 e. The Morgan fingerprint density at radius 2 is 2.22 bits per heavy atom. The molecule has 0 bridgehead atoms. The predicted molar refractivity (Wildman–Crippen MR) is 89.2 cm³/mol. The zero-order valence-electron chi connectivity index (χ0n) is 13.2. The molecule has 4 rings (SSSR count). The highest BCUT2D eigenvalue weighted by Gasteiger charge is 2.30. The quantitative estimate of drug-likeness (QED) is 0.778. The van der Waals surface area contributed by atoms with Gasteiger partial charge in [-0.3, -0.25) is 0 Å². The lowest BCUT2D eigenvalue weighted by Gasteiger charge is -2.34. The van der Waals surface area contributed by atoms with Crippen LogP contribution in [0.5, 0.6) is 0 Å². The first-order chi connectivity index (χ1) is 11.2. The van der Waals surface area contributed by atoms with Crippen LogP contribution in [-0.2, 0) is 7.05 Å². The number of aromatic nitrogens is 4. The maximum atomic E-state index is 10.7. The van der Waals surface area contributed by atoms with Crippen molar-refractivity contribution in [1.82, 2.24) is 19.5 Å². The van der Waals surface area contributed by atoms with Gasteiger partial charge in [-0.25, -0.2) is 9.97 Å². The molecule has 3 aromatic rings. The van der Waals surface area contributed by atoms with Crippen LogP contribution in [0.25, 0.3) is 11.0 Å². The summed E-state index contributed by atoms with van der Waals surface area (Å²) >= 11 is 0. The van der Waals surface area contributed by atoms with Crippen LogP contribution in [-0.4, -0.2) is 37.7 Å². The van der Waals surface area contributed by atoms with Gasteiger partial charge in [0.1, 0.15) is 11.9 Å². The molecular formula is C17H21N5O. The third-order valence-electron chi connectivity index (χ3n) is 4.70. The highest BCUT2D eigenvalue weighted by atomic mass is 16.3. The van der Waals surface area contributed by atoms with Crippen molar-refractivity contribution in [2.45, 2.75) is 18.9 Å². The van der Waals surface area contributed by atoms with E-state index < -0.39 is 6.10 Å². The number of hydrogen-bond acceptors (Lipinski definition) is 4. The maximum absolute atomic E-state index is 10.7. The standard InChI is InChI=1S/C17H21N5O/c1-21-10-8-18-16(21)15(23)12-5-4-9-22(11-12)17-19-13-6-2-3-7-14(13)20-17/h2-3,6-8,10,12,15,23H,4-5,9,11H2,1H3,(H,19,20). The predicted octanol–water partition coefficient (Wildman–Crippen LogP) is 2.25. The van der Waals surface area contributed by atoms with Gasteiger partial charge >= 0.3 is 0 Å². The van der Waals surface area contributed by atoms with E-state index in [1.54, 1.807) is 6.20 Å². The van der Waals surface area contributed by atoms with Gasteiger partial charge in [-0.05, 0) is 25.0 Å². The maximum Gasteiger partial charge on any atom is 0.203 e. The van der Waals surface area contributed by atoms with Gasteiger partial charge in [0.2, 0.25) is 5.95 Å². The van der Waals surface area contributed by atoms with E-state index >= 15 is 0 Å². The molecule has 0 spiro atoms. The Bertz CT molecular complexity index is 775. The molecule has 0 radical (unpaired) electrons. The number of H-pyrrole nitrogens is 1. The van der Waals surface area contributed by atoms with Crippen LogP contribution < -0.4 is 4.90 Å². The average Bonchev–Trinajstić information content (AvgIpc) is 3.20. The van der Waals surface area contributed by atoms with Gasteiger partial charge in [-0.2, -0.15) is 0 Å². The highest BCUT2D eigenvalue weighted by Crippen LogP contribution is 2.30. The fraction of sp³-hybridized carbons (Fsp3) is 0.412. The van der Waals surface area contributed by atoms with E-state index in [9.17, 15) is 5.11 Å². The van der Waals surface area contributed by atoms with E-state index in [0.717, 1.165) is 48.7 Å². The second kappa shape index (κ2) is 5.70. The van der Waals surface area contributed by atoms with Crippen LogP contribution in [0.3, 0.4) is 0 Å². The number of imidazole rings is 2. The molecule has 1 fully saturated rings. The third kappa shape index (κ3) is 2.59. The summed E-state index contributed by atoms with van der Waals surface area (Å²) in [7, 11) is 1.92. The van der Waals surface area contributed by atoms with E-state index in [-0.39, 0.29) is 5.92 Å². The van der Waals surface area contributed by atoms with Crippen LogP contribution >= 0.6 is 0 Å². The van der Waals surface area contributed by atoms with Crippen LogP contribution in [0.2, 0.25) is 0 Å². The Hall–Kier alpha value is -2.34. The fourth-order valence-electron chi connectivity index (χ4n) is 3.42.